The number of thioether (sulfide) groups is 1. The molecule has 2 aromatic heterocycles. The summed E-state index contributed by atoms with van der Waals surface area (Å²) >= 11 is 1.56. The Balaban J connectivity index is 1.92. The number of fused-ring (bicyclic) bond motifs is 5. The first-order valence-electron chi connectivity index (χ1n) is 10.3. The number of benzene rings is 2. The van der Waals surface area contributed by atoms with Gasteiger partial charge >= 0.3 is 0 Å². The molecule has 1 atom stereocenters. The summed E-state index contributed by atoms with van der Waals surface area (Å²) in [5.41, 5.74) is 5.10. The van der Waals surface area contributed by atoms with Gasteiger partial charge < -0.3 is 0 Å². The van der Waals surface area contributed by atoms with Gasteiger partial charge in [-0.3, -0.25) is 13.8 Å². The molecule has 0 saturated heterocycles. The first kappa shape index (κ1) is 19.1. The largest absolute Gasteiger partial charge is 0.272 e. The van der Waals surface area contributed by atoms with E-state index in [4.69, 9.17) is 0 Å². The standard InChI is InChI=1S/C24H24N4OS/c1-4-24(2)14-17-12-8-9-13-18(17)20-19(24)21(29)27(15-16-10-6-5-7-11-16)22-25-26-23(30-3)28(20)22/h5-13H,4,14-15H2,1-3H3/t24-/m0/s1. The molecule has 0 saturated carbocycles. The Labute approximate surface area is 179 Å². The third-order valence-electron chi connectivity index (χ3n) is 6.38. The second-order valence-electron chi connectivity index (χ2n) is 8.17. The maximum Gasteiger partial charge on any atom is 0.259 e. The summed E-state index contributed by atoms with van der Waals surface area (Å²) in [5.74, 6) is 0.599. The fraction of sp³-hybridized carbons (Fsp3) is 0.292. The van der Waals surface area contributed by atoms with E-state index >= 15 is 0 Å². The van der Waals surface area contributed by atoms with Gasteiger partial charge in [-0.15, -0.1) is 10.2 Å². The highest BCUT2D eigenvalue weighted by Crippen LogP contribution is 2.44. The summed E-state index contributed by atoms with van der Waals surface area (Å²) in [7, 11) is 0. The van der Waals surface area contributed by atoms with Crippen LogP contribution in [-0.2, 0) is 18.4 Å². The smallest absolute Gasteiger partial charge is 0.259 e. The highest BCUT2D eigenvalue weighted by atomic mass is 32.2. The first-order valence-corrected chi connectivity index (χ1v) is 11.5. The lowest BCUT2D eigenvalue weighted by Gasteiger charge is -2.36. The van der Waals surface area contributed by atoms with Crippen LogP contribution in [0.4, 0.5) is 0 Å². The van der Waals surface area contributed by atoms with Crippen LogP contribution in [0.5, 0.6) is 0 Å². The number of rotatable bonds is 4. The Bertz CT molecular complexity index is 1310. The molecule has 0 spiro atoms. The number of hydrogen-bond donors (Lipinski definition) is 0. The molecule has 5 rings (SSSR count). The lowest BCUT2D eigenvalue weighted by molar-refractivity contribution is 0.435. The second kappa shape index (κ2) is 7.13. The molecule has 30 heavy (non-hydrogen) atoms. The summed E-state index contributed by atoms with van der Waals surface area (Å²) in [6.07, 6.45) is 3.75. The first-order chi connectivity index (χ1) is 14.6. The van der Waals surface area contributed by atoms with Crippen LogP contribution in [0, 0.1) is 0 Å². The van der Waals surface area contributed by atoms with Crippen molar-refractivity contribution in [3.8, 4) is 11.3 Å². The van der Waals surface area contributed by atoms with E-state index < -0.39 is 0 Å². The van der Waals surface area contributed by atoms with Gasteiger partial charge in [-0.1, -0.05) is 80.2 Å². The molecule has 0 N–H and O–H groups in total. The average molecular weight is 417 g/mol. The fourth-order valence-electron chi connectivity index (χ4n) is 4.63. The van der Waals surface area contributed by atoms with Crippen molar-refractivity contribution in [2.75, 3.05) is 6.26 Å². The minimum absolute atomic E-state index is 0.0419. The van der Waals surface area contributed by atoms with E-state index in [2.05, 4.69) is 46.6 Å². The fourth-order valence-corrected chi connectivity index (χ4v) is 5.11. The molecule has 6 heteroatoms. The van der Waals surface area contributed by atoms with Crippen LogP contribution in [0.3, 0.4) is 0 Å². The quantitative estimate of drug-likeness (QED) is 0.458. The summed E-state index contributed by atoms with van der Waals surface area (Å²) in [6, 6.07) is 18.5. The SMILES string of the molecule is CC[C@@]1(C)Cc2ccccc2-c2c1c(=O)n(Cc1ccccc1)c1nnc(SC)n21. The summed E-state index contributed by atoms with van der Waals surface area (Å²) in [5, 5.41) is 9.69. The van der Waals surface area contributed by atoms with Crippen molar-refractivity contribution in [1.29, 1.82) is 0 Å². The number of hydrogen-bond acceptors (Lipinski definition) is 4. The molecular weight excluding hydrogens is 392 g/mol. The van der Waals surface area contributed by atoms with Gasteiger partial charge in [-0.2, -0.15) is 0 Å². The minimum atomic E-state index is -0.243. The summed E-state index contributed by atoms with van der Waals surface area (Å²) in [6.45, 7) is 4.86. The Morgan fingerprint density at radius 2 is 1.80 bits per heavy atom. The van der Waals surface area contributed by atoms with Gasteiger partial charge in [0.1, 0.15) is 0 Å². The van der Waals surface area contributed by atoms with E-state index in [9.17, 15) is 4.79 Å². The Morgan fingerprint density at radius 3 is 2.53 bits per heavy atom. The highest BCUT2D eigenvalue weighted by molar-refractivity contribution is 7.98. The summed E-state index contributed by atoms with van der Waals surface area (Å²) < 4.78 is 3.89. The molecular formula is C24H24N4OS. The molecule has 152 valence electrons. The molecule has 5 nitrogen and oxygen atoms in total. The molecule has 0 unspecified atom stereocenters. The molecule has 4 aromatic rings. The van der Waals surface area contributed by atoms with Gasteiger partial charge in [0.05, 0.1) is 12.2 Å². The van der Waals surface area contributed by atoms with Gasteiger partial charge in [-0.25, -0.2) is 0 Å². The molecule has 1 aliphatic carbocycles. The molecule has 0 amide bonds. The Hall–Kier alpha value is -2.86. The zero-order chi connectivity index (χ0) is 20.9. The second-order valence-corrected chi connectivity index (χ2v) is 8.94. The zero-order valence-corrected chi connectivity index (χ0v) is 18.2. The molecule has 1 aliphatic rings. The third-order valence-corrected chi connectivity index (χ3v) is 7.01. The van der Waals surface area contributed by atoms with E-state index in [1.165, 1.54) is 5.56 Å². The van der Waals surface area contributed by atoms with Crippen LogP contribution >= 0.6 is 11.8 Å². The van der Waals surface area contributed by atoms with Crippen molar-refractivity contribution in [3.63, 3.8) is 0 Å². The maximum absolute atomic E-state index is 14.0. The van der Waals surface area contributed by atoms with E-state index in [1.54, 1.807) is 16.3 Å². The zero-order valence-electron chi connectivity index (χ0n) is 17.4. The van der Waals surface area contributed by atoms with Crippen molar-refractivity contribution in [2.24, 2.45) is 0 Å². The monoisotopic (exact) mass is 416 g/mol. The molecule has 0 bridgehead atoms. The maximum atomic E-state index is 14.0. The number of aromatic nitrogens is 4. The predicted octanol–water partition coefficient (Wildman–Crippen LogP) is 4.55. The van der Waals surface area contributed by atoms with Gasteiger partial charge in [0, 0.05) is 16.5 Å². The van der Waals surface area contributed by atoms with Crippen LogP contribution in [-0.4, -0.2) is 25.4 Å². The third kappa shape index (κ3) is 2.74. The van der Waals surface area contributed by atoms with Gasteiger partial charge in [-0.05, 0) is 30.2 Å². The predicted molar refractivity (Wildman–Crippen MR) is 121 cm³/mol. The lowest BCUT2D eigenvalue weighted by atomic mass is 9.69. The van der Waals surface area contributed by atoms with Crippen molar-refractivity contribution in [3.05, 3.63) is 81.6 Å². The molecule has 2 heterocycles. The average Bonchev–Trinajstić information content (AvgIpc) is 3.20. The van der Waals surface area contributed by atoms with E-state index in [0.29, 0.717) is 12.3 Å². The molecule has 2 aromatic carbocycles. The van der Waals surface area contributed by atoms with Crippen LogP contribution in [0.15, 0.2) is 64.5 Å². The molecule has 0 radical (unpaired) electrons. The van der Waals surface area contributed by atoms with Crippen molar-refractivity contribution < 1.29 is 0 Å². The Kier molecular flexibility index (Phi) is 4.54. The van der Waals surface area contributed by atoms with E-state index in [0.717, 1.165) is 40.4 Å². The van der Waals surface area contributed by atoms with Crippen LogP contribution in [0.25, 0.3) is 17.0 Å². The van der Waals surface area contributed by atoms with Crippen LogP contribution in [0.1, 0.15) is 37.0 Å². The molecule has 0 aliphatic heterocycles. The highest BCUT2D eigenvalue weighted by Gasteiger charge is 2.39. The van der Waals surface area contributed by atoms with E-state index in [1.807, 2.05) is 42.7 Å². The van der Waals surface area contributed by atoms with Gasteiger partial charge in [0.2, 0.25) is 5.78 Å². The van der Waals surface area contributed by atoms with Crippen LogP contribution < -0.4 is 5.56 Å². The number of nitrogens with zero attached hydrogens (tertiary/aromatic N) is 4. The summed E-state index contributed by atoms with van der Waals surface area (Å²) in [4.78, 5) is 14.0. The van der Waals surface area contributed by atoms with Crippen molar-refractivity contribution in [2.45, 2.75) is 43.8 Å². The normalized spacial score (nSPS) is 17.7. The minimum Gasteiger partial charge on any atom is -0.272 e. The van der Waals surface area contributed by atoms with Crippen molar-refractivity contribution >= 4 is 17.5 Å². The van der Waals surface area contributed by atoms with E-state index in [-0.39, 0.29) is 11.0 Å². The lowest BCUT2D eigenvalue weighted by Crippen LogP contribution is -2.40. The van der Waals surface area contributed by atoms with Gasteiger partial charge in [0.25, 0.3) is 5.56 Å². The molecule has 0 fully saturated rings. The van der Waals surface area contributed by atoms with Crippen LogP contribution in [0.2, 0.25) is 0 Å². The topological polar surface area (TPSA) is 52.2 Å². The Morgan fingerprint density at radius 1 is 1.07 bits per heavy atom. The van der Waals surface area contributed by atoms with Gasteiger partial charge in [0.15, 0.2) is 5.16 Å². The van der Waals surface area contributed by atoms with Crippen molar-refractivity contribution in [1.82, 2.24) is 19.2 Å².